The molecular weight excluding hydrogens is 512 g/mol. The Bertz CT molecular complexity index is 1190. The molecule has 0 saturated carbocycles. The van der Waals surface area contributed by atoms with Crippen LogP contribution in [0.4, 0.5) is 0 Å². The minimum absolute atomic E-state index is 0.154. The molecule has 0 radical (unpaired) electrons. The molecule has 2 heterocycles. The van der Waals surface area contributed by atoms with E-state index in [1.165, 1.54) is 8.61 Å². The summed E-state index contributed by atoms with van der Waals surface area (Å²) in [6.45, 7) is 12.9. The molecule has 2 aliphatic heterocycles. The first-order chi connectivity index (χ1) is 17.2. The standard InChI is InChI=1S/C27H38N2O6S2/c1-19-15-28(16-20(2)34-19)36(30,31)25-11-7-23(8-12-25)27(5,6)24-9-13-26(14-10-24)37(32,33)29-17-21(3)35-22(4)18-29/h7-14,19-22H,15-18H2,1-6H3/t19-,20-,21-,22+/m1/s1. The molecule has 2 fully saturated rings. The maximum Gasteiger partial charge on any atom is 0.243 e. The molecule has 2 aromatic rings. The molecule has 0 unspecified atom stereocenters. The molecule has 0 amide bonds. The average molecular weight is 551 g/mol. The highest BCUT2D eigenvalue weighted by Crippen LogP contribution is 2.34. The molecule has 204 valence electrons. The molecule has 2 saturated heterocycles. The topological polar surface area (TPSA) is 93.2 Å². The number of hydrogen-bond donors (Lipinski definition) is 0. The number of nitrogens with zero attached hydrogens (tertiary/aromatic N) is 2. The third kappa shape index (κ3) is 5.79. The van der Waals surface area contributed by atoms with Crippen LogP contribution in [0.2, 0.25) is 0 Å². The van der Waals surface area contributed by atoms with E-state index in [1.54, 1.807) is 24.3 Å². The number of hydrogen-bond acceptors (Lipinski definition) is 6. The fraction of sp³-hybridized carbons (Fsp3) is 0.556. The van der Waals surface area contributed by atoms with E-state index in [-0.39, 0.29) is 34.2 Å². The molecule has 8 nitrogen and oxygen atoms in total. The minimum Gasteiger partial charge on any atom is -0.373 e. The van der Waals surface area contributed by atoms with E-state index < -0.39 is 25.5 Å². The van der Waals surface area contributed by atoms with E-state index in [9.17, 15) is 16.8 Å². The van der Waals surface area contributed by atoms with E-state index in [0.717, 1.165) is 11.1 Å². The van der Waals surface area contributed by atoms with Crippen LogP contribution in [0, 0.1) is 0 Å². The Morgan fingerprint density at radius 2 is 0.865 bits per heavy atom. The van der Waals surface area contributed by atoms with Gasteiger partial charge in [0.2, 0.25) is 20.0 Å². The Hall–Kier alpha value is -1.82. The van der Waals surface area contributed by atoms with Crippen LogP contribution < -0.4 is 0 Å². The van der Waals surface area contributed by atoms with Gasteiger partial charge in [0.05, 0.1) is 34.2 Å². The Balaban J connectivity index is 1.54. The fourth-order valence-corrected chi connectivity index (χ4v) is 8.39. The van der Waals surface area contributed by atoms with Crippen LogP contribution in [0.3, 0.4) is 0 Å². The highest BCUT2D eigenvalue weighted by molar-refractivity contribution is 7.89. The molecule has 10 heteroatoms. The van der Waals surface area contributed by atoms with Crippen molar-refractivity contribution in [3.05, 3.63) is 59.7 Å². The van der Waals surface area contributed by atoms with Gasteiger partial charge < -0.3 is 9.47 Å². The summed E-state index contributed by atoms with van der Waals surface area (Å²) >= 11 is 0. The first kappa shape index (κ1) is 28.2. The third-order valence-corrected chi connectivity index (χ3v) is 10.9. The van der Waals surface area contributed by atoms with Crippen molar-refractivity contribution in [2.45, 2.75) is 81.2 Å². The van der Waals surface area contributed by atoms with Gasteiger partial charge in [-0.25, -0.2) is 16.8 Å². The Labute approximate surface area is 221 Å². The molecule has 0 spiro atoms. The van der Waals surface area contributed by atoms with Crippen LogP contribution in [0.15, 0.2) is 58.3 Å². The predicted octanol–water partition coefficient (Wildman–Crippen LogP) is 3.61. The Morgan fingerprint density at radius 3 is 1.14 bits per heavy atom. The largest absolute Gasteiger partial charge is 0.373 e. The highest BCUT2D eigenvalue weighted by atomic mass is 32.2. The molecule has 0 aliphatic carbocycles. The van der Waals surface area contributed by atoms with E-state index in [4.69, 9.17) is 9.47 Å². The van der Waals surface area contributed by atoms with Crippen molar-refractivity contribution in [3.63, 3.8) is 0 Å². The Morgan fingerprint density at radius 1 is 0.595 bits per heavy atom. The van der Waals surface area contributed by atoms with Gasteiger partial charge in [0, 0.05) is 31.6 Å². The van der Waals surface area contributed by atoms with Crippen LogP contribution in [0.1, 0.15) is 52.7 Å². The van der Waals surface area contributed by atoms with Crippen molar-refractivity contribution in [3.8, 4) is 0 Å². The zero-order valence-electron chi connectivity index (χ0n) is 22.4. The van der Waals surface area contributed by atoms with Gasteiger partial charge in [-0.15, -0.1) is 0 Å². The van der Waals surface area contributed by atoms with Crippen molar-refractivity contribution in [2.24, 2.45) is 0 Å². The monoisotopic (exact) mass is 550 g/mol. The molecule has 4 atom stereocenters. The lowest BCUT2D eigenvalue weighted by Crippen LogP contribution is -2.48. The lowest BCUT2D eigenvalue weighted by molar-refractivity contribution is -0.0442. The summed E-state index contributed by atoms with van der Waals surface area (Å²) in [5.74, 6) is 0. The molecule has 2 aliphatic rings. The summed E-state index contributed by atoms with van der Waals surface area (Å²) in [6, 6.07) is 13.9. The maximum atomic E-state index is 13.2. The summed E-state index contributed by atoms with van der Waals surface area (Å²) in [5, 5.41) is 0. The van der Waals surface area contributed by atoms with Gasteiger partial charge in [-0.05, 0) is 63.1 Å². The molecule has 0 bridgehead atoms. The van der Waals surface area contributed by atoms with Crippen molar-refractivity contribution in [1.29, 1.82) is 0 Å². The molecule has 0 aromatic heterocycles. The second-order valence-corrected chi connectivity index (χ2v) is 14.7. The van der Waals surface area contributed by atoms with Crippen molar-refractivity contribution in [2.75, 3.05) is 26.2 Å². The van der Waals surface area contributed by atoms with Crippen LogP contribution in [-0.4, -0.2) is 76.0 Å². The van der Waals surface area contributed by atoms with Crippen molar-refractivity contribution >= 4 is 20.0 Å². The van der Waals surface area contributed by atoms with Crippen molar-refractivity contribution < 1.29 is 26.3 Å². The molecule has 4 rings (SSSR count). The molecular formula is C27H38N2O6S2. The Kier molecular flexibility index (Phi) is 7.92. The van der Waals surface area contributed by atoms with E-state index in [0.29, 0.717) is 26.2 Å². The molecule has 2 aromatic carbocycles. The smallest absolute Gasteiger partial charge is 0.243 e. The van der Waals surface area contributed by atoms with Gasteiger partial charge in [0.15, 0.2) is 0 Å². The third-order valence-electron chi connectivity index (χ3n) is 7.20. The normalized spacial score (nSPS) is 26.8. The lowest BCUT2D eigenvalue weighted by atomic mass is 9.78. The van der Waals surface area contributed by atoms with Gasteiger partial charge >= 0.3 is 0 Å². The van der Waals surface area contributed by atoms with Crippen LogP contribution in [0.5, 0.6) is 0 Å². The zero-order chi connectivity index (χ0) is 27.2. The summed E-state index contributed by atoms with van der Waals surface area (Å²) in [5.41, 5.74) is 1.40. The second-order valence-electron chi connectivity index (χ2n) is 10.8. The van der Waals surface area contributed by atoms with E-state index in [2.05, 4.69) is 0 Å². The number of benzene rings is 2. The number of rotatable bonds is 6. The van der Waals surface area contributed by atoms with Crippen molar-refractivity contribution in [1.82, 2.24) is 8.61 Å². The molecule has 0 N–H and O–H groups in total. The summed E-state index contributed by atoms with van der Waals surface area (Å²) in [6.07, 6.45) is -0.616. The summed E-state index contributed by atoms with van der Waals surface area (Å²) in [4.78, 5) is 0.507. The average Bonchev–Trinajstić information content (AvgIpc) is 2.83. The summed E-state index contributed by atoms with van der Waals surface area (Å²) in [7, 11) is -7.24. The van der Waals surface area contributed by atoms with Gasteiger partial charge in [-0.1, -0.05) is 38.1 Å². The highest BCUT2D eigenvalue weighted by Gasteiger charge is 2.34. The summed E-state index contributed by atoms with van der Waals surface area (Å²) < 4.78 is 67.2. The minimum atomic E-state index is -3.62. The molecule has 37 heavy (non-hydrogen) atoms. The SMILES string of the molecule is C[C@@H]1CN(S(=O)(=O)c2ccc(C(C)(C)c3ccc(S(=O)(=O)N4C[C@@H](C)O[C@@H](C)C4)cc3)cc2)C[C@@H](C)O1. The number of sulfonamides is 2. The maximum absolute atomic E-state index is 13.2. The van der Waals surface area contributed by atoms with Gasteiger partial charge in [0.25, 0.3) is 0 Å². The number of ether oxygens (including phenoxy) is 2. The van der Waals surface area contributed by atoms with Gasteiger partial charge in [-0.3, -0.25) is 0 Å². The predicted molar refractivity (Wildman–Crippen MR) is 143 cm³/mol. The lowest BCUT2D eigenvalue weighted by Gasteiger charge is -2.34. The number of morpholine rings is 2. The van der Waals surface area contributed by atoms with Gasteiger partial charge in [0.1, 0.15) is 0 Å². The zero-order valence-corrected chi connectivity index (χ0v) is 24.1. The quantitative estimate of drug-likeness (QED) is 0.546. The second kappa shape index (κ2) is 10.4. The van der Waals surface area contributed by atoms with Crippen LogP contribution in [0.25, 0.3) is 0 Å². The van der Waals surface area contributed by atoms with E-state index in [1.807, 2.05) is 65.8 Å². The first-order valence-corrected chi connectivity index (χ1v) is 15.6. The van der Waals surface area contributed by atoms with Crippen LogP contribution >= 0.6 is 0 Å². The first-order valence-electron chi connectivity index (χ1n) is 12.7. The fourth-order valence-electron chi connectivity index (χ4n) is 5.21. The van der Waals surface area contributed by atoms with Gasteiger partial charge in [-0.2, -0.15) is 8.61 Å². The van der Waals surface area contributed by atoms with E-state index >= 15 is 0 Å². The van der Waals surface area contributed by atoms with Crippen LogP contribution in [-0.2, 0) is 34.9 Å².